The van der Waals surface area contributed by atoms with Crippen LogP contribution in [0.4, 0.5) is 10.1 Å². The molecule has 1 aliphatic carbocycles. The van der Waals surface area contributed by atoms with Crippen molar-refractivity contribution in [1.82, 2.24) is 9.88 Å². The number of piperazine rings is 1. The Hall–Kier alpha value is -1.64. The predicted octanol–water partition coefficient (Wildman–Crippen LogP) is 1.43. The molecule has 1 saturated carbocycles. The number of carbonyl (C=O) groups is 1. The van der Waals surface area contributed by atoms with Crippen LogP contribution in [0.5, 0.6) is 0 Å². The first kappa shape index (κ1) is 18.2. The minimum Gasteiger partial charge on any atom is -1.00 e. The van der Waals surface area contributed by atoms with Crippen LogP contribution in [0.2, 0.25) is 0 Å². The van der Waals surface area contributed by atoms with Crippen molar-refractivity contribution in [3.05, 3.63) is 39.9 Å². The first-order valence-corrected chi connectivity index (χ1v) is 8.13. The van der Waals surface area contributed by atoms with Crippen LogP contribution in [0, 0.1) is 5.82 Å². The Kier molecular flexibility index (Phi) is 5.03. The zero-order chi connectivity index (χ0) is 16.8. The number of aromatic nitrogens is 1. The van der Waals surface area contributed by atoms with Gasteiger partial charge in [0, 0.05) is 43.8 Å². The first-order valence-electron chi connectivity index (χ1n) is 8.13. The van der Waals surface area contributed by atoms with Gasteiger partial charge in [0.05, 0.1) is 11.2 Å². The number of pyridine rings is 1. The summed E-state index contributed by atoms with van der Waals surface area (Å²) in [7, 11) is 0. The third-order valence-corrected chi connectivity index (χ3v) is 4.73. The SMILES string of the molecule is O=C(O)c1cn(C2CC2)c2cc(N3CCNCC3)c(F)cc2c1=O.[H-].[H-].[Mg+2]. The molecule has 130 valence electrons. The zero-order valence-corrected chi connectivity index (χ0v) is 15.2. The number of benzene rings is 1. The van der Waals surface area contributed by atoms with E-state index in [0.29, 0.717) is 24.3 Å². The number of fused-ring (bicyclic) bond motifs is 1. The maximum Gasteiger partial charge on any atom is 2.00 e. The minimum absolute atomic E-state index is 0. The number of nitrogens with zero attached hydrogens (tertiary/aromatic N) is 2. The number of carboxylic acid groups (broad SMARTS) is 1. The molecule has 0 radical (unpaired) electrons. The van der Waals surface area contributed by atoms with Gasteiger partial charge in [-0.05, 0) is 25.0 Å². The van der Waals surface area contributed by atoms with Crippen LogP contribution >= 0.6 is 0 Å². The van der Waals surface area contributed by atoms with Gasteiger partial charge in [0.25, 0.3) is 0 Å². The molecule has 0 bridgehead atoms. The van der Waals surface area contributed by atoms with Gasteiger partial charge in [-0.3, -0.25) is 4.79 Å². The Balaban J connectivity index is 0.00000121. The molecule has 2 aliphatic rings. The summed E-state index contributed by atoms with van der Waals surface area (Å²) < 4.78 is 16.4. The average molecular weight is 358 g/mol. The molecule has 0 amide bonds. The van der Waals surface area contributed by atoms with Gasteiger partial charge < -0.3 is 22.7 Å². The van der Waals surface area contributed by atoms with Crippen LogP contribution in [0.3, 0.4) is 0 Å². The summed E-state index contributed by atoms with van der Waals surface area (Å²) in [5, 5.41) is 12.6. The quantitative estimate of drug-likeness (QED) is 0.813. The largest absolute Gasteiger partial charge is 2.00 e. The van der Waals surface area contributed by atoms with E-state index in [9.17, 15) is 19.1 Å². The second-order valence-electron chi connectivity index (χ2n) is 6.37. The number of rotatable bonds is 3. The van der Waals surface area contributed by atoms with Crippen molar-refractivity contribution in [2.45, 2.75) is 18.9 Å². The Morgan fingerprint density at radius 1 is 1.28 bits per heavy atom. The van der Waals surface area contributed by atoms with E-state index < -0.39 is 17.2 Å². The molecule has 6 nitrogen and oxygen atoms in total. The number of halogens is 1. The Morgan fingerprint density at radius 3 is 2.56 bits per heavy atom. The molecular formula is C17H20FMgN3O3. The Bertz CT molecular complexity index is 899. The van der Waals surface area contributed by atoms with E-state index in [4.69, 9.17) is 0 Å². The second kappa shape index (κ2) is 6.93. The number of carboxylic acids is 1. The topological polar surface area (TPSA) is 74.6 Å². The van der Waals surface area contributed by atoms with Gasteiger partial charge in [-0.15, -0.1) is 0 Å². The van der Waals surface area contributed by atoms with E-state index in [0.717, 1.165) is 25.9 Å². The van der Waals surface area contributed by atoms with E-state index in [1.807, 2.05) is 9.47 Å². The van der Waals surface area contributed by atoms with E-state index in [1.54, 1.807) is 6.07 Å². The monoisotopic (exact) mass is 357 g/mol. The van der Waals surface area contributed by atoms with E-state index in [-0.39, 0.29) is 42.9 Å². The standard InChI is InChI=1S/C17H18FN3O3.Mg.2H/c18-13-7-11-14(8-15(13)20-5-3-19-4-6-20)21(10-1-2-10)9-12(16(11)22)17(23)24;;;/h7-10,19H,1-6H2,(H,23,24);;;/q;+2;2*-1. The molecule has 1 aromatic heterocycles. The summed E-state index contributed by atoms with van der Waals surface area (Å²) in [5.41, 5.74) is 0.159. The Labute approximate surface area is 162 Å². The van der Waals surface area contributed by atoms with Crippen LogP contribution in [0.1, 0.15) is 32.1 Å². The summed E-state index contributed by atoms with van der Waals surface area (Å²) in [6, 6.07) is 3.08. The second-order valence-corrected chi connectivity index (χ2v) is 6.37. The molecule has 0 unspecified atom stereocenters. The van der Waals surface area contributed by atoms with Crippen LogP contribution in [0.25, 0.3) is 10.9 Å². The third-order valence-electron chi connectivity index (χ3n) is 4.73. The van der Waals surface area contributed by atoms with Gasteiger partial charge in [0.1, 0.15) is 11.4 Å². The molecule has 4 rings (SSSR count). The molecule has 8 heteroatoms. The summed E-state index contributed by atoms with van der Waals surface area (Å²) in [5.74, 6) is -1.76. The predicted molar refractivity (Wildman–Crippen MR) is 96.5 cm³/mol. The first-order chi connectivity index (χ1) is 11.6. The van der Waals surface area contributed by atoms with Gasteiger partial charge in [-0.25, -0.2) is 9.18 Å². The van der Waals surface area contributed by atoms with Crippen molar-refractivity contribution in [2.24, 2.45) is 0 Å². The summed E-state index contributed by atoms with van der Waals surface area (Å²) >= 11 is 0. The molecule has 1 saturated heterocycles. The number of hydrogen-bond acceptors (Lipinski definition) is 4. The van der Waals surface area contributed by atoms with E-state index in [1.165, 1.54) is 12.3 Å². The van der Waals surface area contributed by atoms with Gasteiger partial charge >= 0.3 is 29.0 Å². The average Bonchev–Trinajstić information content (AvgIpc) is 3.40. The molecule has 2 heterocycles. The van der Waals surface area contributed by atoms with Crippen LogP contribution < -0.4 is 15.6 Å². The summed E-state index contributed by atoms with van der Waals surface area (Å²) in [6.45, 7) is 2.96. The van der Waals surface area contributed by atoms with Crippen LogP contribution in [-0.2, 0) is 0 Å². The molecule has 0 atom stereocenters. The molecule has 1 aliphatic heterocycles. The molecule has 1 aromatic carbocycles. The van der Waals surface area contributed by atoms with Crippen molar-refractivity contribution >= 4 is 45.6 Å². The van der Waals surface area contributed by atoms with Gasteiger partial charge in [0.15, 0.2) is 0 Å². The summed E-state index contributed by atoms with van der Waals surface area (Å²) in [6.07, 6.45) is 3.29. The van der Waals surface area contributed by atoms with Gasteiger partial charge in [0.2, 0.25) is 5.43 Å². The van der Waals surface area contributed by atoms with Crippen molar-refractivity contribution in [3.63, 3.8) is 0 Å². The maximum absolute atomic E-state index is 14.6. The molecule has 25 heavy (non-hydrogen) atoms. The van der Waals surface area contributed by atoms with Crippen molar-refractivity contribution in [3.8, 4) is 0 Å². The Morgan fingerprint density at radius 2 is 1.96 bits per heavy atom. The fourth-order valence-corrected chi connectivity index (χ4v) is 3.31. The van der Waals surface area contributed by atoms with Crippen LogP contribution in [0.15, 0.2) is 23.1 Å². The van der Waals surface area contributed by atoms with Crippen molar-refractivity contribution in [2.75, 3.05) is 31.1 Å². The smallest absolute Gasteiger partial charge is 1.00 e. The van der Waals surface area contributed by atoms with Crippen molar-refractivity contribution < 1.29 is 17.1 Å². The maximum atomic E-state index is 14.6. The number of anilines is 1. The fourth-order valence-electron chi connectivity index (χ4n) is 3.31. The van der Waals surface area contributed by atoms with Gasteiger partial charge in [-0.1, -0.05) is 0 Å². The molecule has 2 fully saturated rings. The van der Waals surface area contributed by atoms with Crippen molar-refractivity contribution in [1.29, 1.82) is 0 Å². The van der Waals surface area contributed by atoms with E-state index >= 15 is 0 Å². The zero-order valence-electron chi connectivity index (χ0n) is 15.8. The van der Waals surface area contributed by atoms with Crippen LogP contribution in [-0.4, -0.2) is 64.9 Å². The third kappa shape index (κ3) is 3.25. The fraction of sp³-hybridized carbons (Fsp3) is 0.412. The molecule has 2 N–H and O–H groups in total. The minimum atomic E-state index is -1.28. The molecular weight excluding hydrogens is 338 g/mol. The number of nitrogens with one attached hydrogen (secondary N) is 1. The molecule has 0 spiro atoms. The number of hydrogen-bond donors (Lipinski definition) is 2. The van der Waals surface area contributed by atoms with E-state index in [2.05, 4.69) is 5.32 Å². The number of aromatic carboxylic acids is 1. The normalized spacial score (nSPS) is 17.4. The summed E-state index contributed by atoms with van der Waals surface area (Å²) in [4.78, 5) is 25.7. The molecule has 2 aromatic rings. The van der Waals surface area contributed by atoms with Gasteiger partial charge in [-0.2, -0.15) is 0 Å².